The summed E-state index contributed by atoms with van der Waals surface area (Å²) in [5.74, 6) is -0.705. The summed E-state index contributed by atoms with van der Waals surface area (Å²) in [6.45, 7) is 3.46. The number of carbonyl (C=O) groups is 2. The first-order valence-corrected chi connectivity index (χ1v) is 10.9. The summed E-state index contributed by atoms with van der Waals surface area (Å²) >= 11 is 0. The third kappa shape index (κ3) is 5.75. The number of nitriles is 1. The van der Waals surface area contributed by atoms with Crippen LogP contribution >= 0.6 is 0 Å². The fourth-order valence-corrected chi connectivity index (χ4v) is 4.51. The van der Waals surface area contributed by atoms with Gasteiger partial charge in [0.1, 0.15) is 12.3 Å². The molecule has 0 saturated carbocycles. The van der Waals surface area contributed by atoms with Crippen molar-refractivity contribution in [3.8, 4) is 6.07 Å². The van der Waals surface area contributed by atoms with Gasteiger partial charge in [-0.3, -0.25) is 4.79 Å². The summed E-state index contributed by atoms with van der Waals surface area (Å²) < 4.78 is 33.1. The minimum Gasteiger partial charge on any atom is -0.465 e. The molecule has 0 bridgehead atoms. The molecule has 2 aromatic carbocycles. The third-order valence-corrected chi connectivity index (χ3v) is 6.38. The number of aldehydes is 1. The molecule has 0 aliphatic carbocycles. The topological polar surface area (TPSA) is 105 Å². The van der Waals surface area contributed by atoms with E-state index in [2.05, 4.69) is 0 Å². The van der Waals surface area contributed by atoms with Crippen molar-refractivity contribution < 1.29 is 22.7 Å². The molecular formula is C22H24N2O5S. The number of ether oxygens (including phenoxy) is 1. The zero-order valence-electron chi connectivity index (χ0n) is 16.9. The summed E-state index contributed by atoms with van der Waals surface area (Å²) in [5.41, 5.74) is 1.94. The van der Waals surface area contributed by atoms with E-state index in [1.807, 2.05) is 13.0 Å². The van der Waals surface area contributed by atoms with Crippen molar-refractivity contribution in [2.45, 2.75) is 44.2 Å². The molecular weight excluding hydrogens is 404 g/mol. The highest BCUT2D eigenvalue weighted by molar-refractivity contribution is 7.89. The Morgan fingerprint density at radius 2 is 1.80 bits per heavy atom. The molecule has 1 atom stereocenters. The molecule has 0 saturated heterocycles. The number of benzene rings is 2. The maximum Gasteiger partial charge on any atom is 0.324 e. The molecule has 0 aliphatic rings. The van der Waals surface area contributed by atoms with Crippen molar-refractivity contribution in [3.05, 3.63) is 65.2 Å². The van der Waals surface area contributed by atoms with E-state index in [1.165, 1.54) is 12.1 Å². The van der Waals surface area contributed by atoms with Crippen molar-refractivity contribution in [1.29, 1.82) is 5.26 Å². The molecule has 0 heterocycles. The van der Waals surface area contributed by atoms with Crippen molar-refractivity contribution in [2.75, 3.05) is 6.61 Å². The number of hydrogen-bond donors (Lipinski definition) is 0. The maximum absolute atomic E-state index is 13.5. The molecule has 0 spiro atoms. The fourth-order valence-electron chi connectivity index (χ4n) is 2.92. The van der Waals surface area contributed by atoms with Gasteiger partial charge in [-0.15, -0.1) is 0 Å². The molecule has 0 fully saturated rings. The Morgan fingerprint density at radius 1 is 1.17 bits per heavy atom. The van der Waals surface area contributed by atoms with Gasteiger partial charge in [-0.25, -0.2) is 8.42 Å². The van der Waals surface area contributed by atoms with Crippen LogP contribution in [0.15, 0.2) is 53.4 Å². The second-order valence-corrected chi connectivity index (χ2v) is 8.57. The second kappa shape index (κ2) is 10.7. The molecule has 0 amide bonds. The number of esters is 1. The molecule has 30 heavy (non-hydrogen) atoms. The van der Waals surface area contributed by atoms with Gasteiger partial charge in [0, 0.05) is 13.0 Å². The van der Waals surface area contributed by atoms with Crippen LogP contribution in [-0.4, -0.2) is 37.6 Å². The van der Waals surface area contributed by atoms with E-state index in [0.717, 1.165) is 9.87 Å². The maximum atomic E-state index is 13.5. The Balaban J connectivity index is 2.52. The predicted octanol–water partition coefficient (Wildman–Crippen LogP) is 2.97. The predicted molar refractivity (Wildman–Crippen MR) is 111 cm³/mol. The highest BCUT2D eigenvalue weighted by Gasteiger charge is 2.36. The van der Waals surface area contributed by atoms with E-state index in [-0.39, 0.29) is 30.9 Å². The van der Waals surface area contributed by atoms with Gasteiger partial charge in [-0.05, 0) is 50.1 Å². The SMILES string of the molecule is CCOC(=O)C(CCC=O)N(Cc1ccc(C#N)cc1)S(=O)(=O)c1ccc(C)cc1. The minimum absolute atomic E-state index is 0.00367. The van der Waals surface area contributed by atoms with Crippen LogP contribution in [0.25, 0.3) is 0 Å². The molecule has 0 aliphatic heterocycles. The Kier molecular flexibility index (Phi) is 8.27. The molecule has 0 N–H and O–H groups in total. The van der Waals surface area contributed by atoms with Crippen LogP contribution in [0.4, 0.5) is 0 Å². The van der Waals surface area contributed by atoms with Gasteiger partial charge >= 0.3 is 5.97 Å². The van der Waals surface area contributed by atoms with Gasteiger partial charge in [0.25, 0.3) is 0 Å². The molecule has 158 valence electrons. The number of rotatable bonds is 10. The number of nitrogens with zero attached hydrogens (tertiary/aromatic N) is 2. The van der Waals surface area contributed by atoms with Gasteiger partial charge in [0.2, 0.25) is 10.0 Å². The molecule has 7 nitrogen and oxygen atoms in total. The van der Waals surface area contributed by atoms with Crippen molar-refractivity contribution in [1.82, 2.24) is 4.31 Å². The standard InChI is InChI=1S/C22H24N2O5S/c1-3-29-22(26)21(5-4-14-25)24(16-19-10-8-18(15-23)9-11-19)30(27,28)20-12-6-17(2)7-13-20/h6-14,21H,3-5,16H2,1-2H3. The van der Waals surface area contributed by atoms with Gasteiger partial charge in [0.05, 0.1) is 23.1 Å². The normalized spacial score (nSPS) is 12.2. The lowest BCUT2D eigenvalue weighted by molar-refractivity contribution is -0.148. The van der Waals surface area contributed by atoms with Crippen LogP contribution in [-0.2, 0) is 30.9 Å². The Morgan fingerprint density at radius 3 is 2.33 bits per heavy atom. The quantitative estimate of drug-likeness (QED) is 0.426. The summed E-state index contributed by atoms with van der Waals surface area (Å²) in [6, 6.07) is 13.6. The average molecular weight is 429 g/mol. The third-order valence-electron chi connectivity index (χ3n) is 4.51. The Labute approximate surface area is 176 Å². The number of sulfonamides is 1. The zero-order valence-corrected chi connectivity index (χ0v) is 17.8. The first kappa shape index (κ1) is 23.3. The van der Waals surface area contributed by atoms with Gasteiger partial charge in [-0.2, -0.15) is 9.57 Å². The number of aryl methyl sites for hydroxylation is 1. The molecule has 0 aromatic heterocycles. The van der Waals surface area contributed by atoms with Crippen molar-refractivity contribution in [2.24, 2.45) is 0 Å². The lowest BCUT2D eigenvalue weighted by Gasteiger charge is -2.29. The number of carbonyl (C=O) groups excluding carboxylic acids is 2. The smallest absolute Gasteiger partial charge is 0.324 e. The lowest BCUT2D eigenvalue weighted by atomic mass is 10.1. The van der Waals surface area contributed by atoms with E-state index < -0.39 is 22.0 Å². The van der Waals surface area contributed by atoms with Crippen LogP contribution in [0, 0.1) is 18.3 Å². The van der Waals surface area contributed by atoms with E-state index in [0.29, 0.717) is 17.4 Å². The second-order valence-electron chi connectivity index (χ2n) is 6.68. The molecule has 1 unspecified atom stereocenters. The van der Waals surface area contributed by atoms with Crippen molar-refractivity contribution >= 4 is 22.3 Å². The Hall–Kier alpha value is -3.02. The first-order valence-electron chi connectivity index (χ1n) is 9.51. The van der Waals surface area contributed by atoms with Gasteiger partial charge < -0.3 is 9.53 Å². The van der Waals surface area contributed by atoms with Crippen LogP contribution in [0.5, 0.6) is 0 Å². The molecule has 8 heteroatoms. The van der Waals surface area contributed by atoms with E-state index in [9.17, 15) is 18.0 Å². The molecule has 2 rings (SSSR count). The van der Waals surface area contributed by atoms with Gasteiger partial charge in [0.15, 0.2) is 0 Å². The minimum atomic E-state index is -4.07. The van der Waals surface area contributed by atoms with E-state index in [4.69, 9.17) is 10.00 Å². The monoisotopic (exact) mass is 428 g/mol. The van der Waals surface area contributed by atoms with Crippen LogP contribution in [0.1, 0.15) is 36.5 Å². The van der Waals surface area contributed by atoms with Crippen LogP contribution in [0.3, 0.4) is 0 Å². The average Bonchev–Trinajstić information content (AvgIpc) is 2.74. The number of hydrogen-bond acceptors (Lipinski definition) is 6. The van der Waals surface area contributed by atoms with Gasteiger partial charge in [-0.1, -0.05) is 29.8 Å². The summed E-state index contributed by atoms with van der Waals surface area (Å²) in [7, 11) is -4.07. The fraction of sp³-hybridized carbons (Fsp3) is 0.318. The summed E-state index contributed by atoms with van der Waals surface area (Å²) in [5, 5.41) is 8.98. The highest BCUT2D eigenvalue weighted by Crippen LogP contribution is 2.24. The highest BCUT2D eigenvalue weighted by atomic mass is 32.2. The summed E-state index contributed by atoms with van der Waals surface area (Å²) in [6.07, 6.45) is 0.658. The van der Waals surface area contributed by atoms with E-state index >= 15 is 0 Å². The van der Waals surface area contributed by atoms with Crippen LogP contribution in [0.2, 0.25) is 0 Å². The van der Waals surface area contributed by atoms with Crippen LogP contribution < -0.4 is 0 Å². The lowest BCUT2D eigenvalue weighted by Crippen LogP contribution is -2.45. The zero-order chi connectivity index (χ0) is 22.1. The van der Waals surface area contributed by atoms with E-state index in [1.54, 1.807) is 43.3 Å². The first-order chi connectivity index (χ1) is 14.3. The van der Waals surface area contributed by atoms with Crippen molar-refractivity contribution in [3.63, 3.8) is 0 Å². The molecule has 0 radical (unpaired) electrons. The molecule has 2 aromatic rings. The largest absolute Gasteiger partial charge is 0.465 e. The summed E-state index contributed by atoms with van der Waals surface area (Å²) in [4.78, 5) is 23.6. The Bertz CT molecular complexity index is 1010.